The SMILES string of the molecule is Cc1c(C(=O)N2CCc3ccccc32)oc2ccc3c(c12)C(OC(=O)CCCC[C@@H]1SC[C@@H]2NC(=O)N[C@@H]21)CC(C)(c1ccc(Cl)cc1)O3. The second-order valence-electron chi connectivity index (χ2n) is 13.6. The Balaban J connectivity index is 1.06. The van der Waals surface area contributed by atoms with Gasteiger partial charge in [0.15, 0.2) is 5.76 Å². The molecule has 4 aromatic rings. The molecule has 4 aliphatic rings. The van der Waals surface area contributed by atoms with Crippen molar-refractivity contribution in [2.75, 3.05) is 17.2 Å². The van der Waals surface area contributed by atoms with Crippen LogP contribution >= 0.6 is 23.4 Å². The van der Waals surface area contributed by atoms with Gasteiger partial charge in [0, 0.05) is 57.6 Å². The monoisotopic (exact) mass is 699 g/mol. The maximum atomic E-state index is 13.9. The molecule has 5 heterocycles. The minimum Gasteiger partial charge on any atom is -0.482 e. The van der Waals surface area contributed by atoms with Crippen LogP contribution in [-0.2, 0) is 21.6 Å². The van der Waals surface area contributed by atoms with Crippen molar-refractivity contribution in [2.45, 2.75) is 81.4 Å². The van der Waals surface area contributed by atoms with E-state index in [1.165, 1.54) is 0 Å². The number of thioether (sulfide) groups is 1. The van der Waals surface area contributed by atoms with E-state index in [1.807, 2.05) is 86.3 Å². The summed E-state index contributed by atoms with van der Waals surface area (Å²) in [5.74, 6) is 1.29. The predicted octanol–water partition coefficient (Wildman–Crippen LogP) is 7.61. The van der Waals surface area contributed by atoms with E-state index in [-0.39, 0.29) is 42.2 Å². The molecule has 254 valence electrons. The molecule has 3 amide bonds. The van der Waals surface area contributed by atoms with E-state index in [1.54, 1.807) is 4.90 Å². The van der Waals surface area contributed by atoms with Crippen molar-refractivity contribution < 1.29 is 28.3 Å². The number of furan rings is 1. The molecule has 8 rings (SSSR count). The fourth-order valence-corrected chi connectivity index (χ4v) is 9.60. The van der Waals surface area contributed by atoms with Crippen LogP contribution in [0.1, 0.15) is 77.9 Å². The number of esters is 1. The Hall–Kier alpha value is -4.15. The number of aryl methyl sites for hydroxylation is 1. The van der Waals surface area contributed by atoms with Crippen LogP contribution in [0.2, 0.25) is 5.02 Å². The number of rotatable bonds is 8. The lowest BCUT2D eigenvalue weighted by atomic mass is 9.83. The summed E-state index contributed by atoms with van der Waals surface area (Å²) in [7, 11) is 0. The molecular weight excluding hydrogens is 662 g/mol. The Morgan fingerprint density at radius 3 is 2.73 bits per heavy atom. The van der Waals surface area contributed by atoms with Gasteiger partial charge in [0.1, 0.15) is 23.0 Å². The molecule has 0 saturated carbocycles. The summed E-state index contributed by atoms with van der Waals surface area (Å²) in [5.41, 5.74) is 4.11. The Morgan fingerprint density at radius 2 is 1.90 bits per heavy atom. The minimum absolute atomic E-state index is 0.0916. The van der Waals surface area contributed by atoms with Crippen LogP contribution in [0.4, 0.5) is 10.5 Å². The third kappa shape index (κ3) is 5.82. The highest BCUT2D eigenvalue weighted by Gasteiger charge is 2.44. The van der Waals surface area contributed by atoms with Crippen LogP contribution in [0.3, 0.4) is 0 Å². The Kier molecular flexibility index (Phi) is 8.27. The zero-order valence-corrected chi connectivity index (χ0v) is 29.0. The molecule has 2 N–H and O–H groups in total. The van der Waals surface area contributed by atoms with Crippen LogP contribution in [0.25, 0.3) is 11.0 Å². The van der Waals surface area contributed by atoms with E-state index in [0.717, 1.165) is 52.8 Å². The van der Waals surface area contributed by atoms with Gasteiger partial charge < -0.3 is 29.4 Å². The summed E-state index contributed by atoms with van der Waals surface area (Å²) in [6, 6.07) is 19.4. The van der Waals surface area contributed by atoms with Crippen LogP contribution in [0.15, 0.2) is 65.1 Å². The van der Waals surface area contributed by atoms with Gasteiger partial charge in [0.05, 0.1) is 12.1 Å². The lowest BCUT2D eigenvalue weighted by Gasteiger charge is -2.40. The maximum absolute atomic E-state index is 13.9. The fourth-order valence-electron chi connectivity index (χ4n) is 7.93. The number of halogens is 1. The topological polar surface area (TPSA) is 110 Å². The molecule has 0 spiro atoms. The minimum atomic E-state index is -0.804. The van der Waals surface area contributed by atoms with E-state index in [4.69, 9.17) is 25.5 Å². The third-order valence-corrected chi connectivity index (χ3v) is 12.2. The number of urea groups is 1. The summed E-state index contributed by atoms with van der Waals surface area (Å²) in [5, 5.41) is 7.72. The number of unbranched alkanes of at least 4 members (excludes halogenated alkanes) is 1. The summed E-state index contributed by atoms with van der Waals surface area (Å²) < 4.78 is 19.4. The van der Waals surface area contributed by atoms with Gasteiger partial charge in [-0.15, -0.1) is 0 Å². The van der Waals surface area contributed by atoms with E-state index < -0.39 is 11.7 Å². The highest BCUT2D eigenvalue weighted by Crippen LogP contribution is 2.50. The number of hydrogen-bond donors (Lipinski definition) is 2. The van der Waals surface area contributed by atoms with Crippen LogP contribution in [0, 0.1) is 6.92 Å². The number of amides is 3. The molecule has 0 bridgehead atoms. The molecule has 9 nitrogen and oxygen atoms in total. The second-order valence-corrected chi connectivity index (χ2v) is 15.3. The van der Waals surface area contributed by atoms with E-state index in [0.29, 0.717) is 46.6 Å². The summed E-state index contributed by atoms with van der Waals surface area (Å²) in [6.07, 6.45) is 3.26. The number of nitrogens with one attached hydrogen (secondary N) is 2. The summed E-state index contributed by atoms with van der Waals surface area (Å²) in [4.78, 5) is 41.0. The molecular formula is C38H38ClN3O6S. The standard InChI is InChI=1S/C38H38ClN3O6S/c1-21-32-27(47-35(21)36(44)42-18-17-22-7-3-4-8-26(22)42)15-16-28-33(32)29(19-38(2,48-28)23-11-13-24(39)14-12-23)46-31(43)10-6-5-9-30-34-25(20-49-30)40-37(45)41-34/h3-4,7-8,11-16,25,29-30,34H,5-6,9-10,17-20H2,1-2H3,(H2,40,41,45)/t25-,29?,30-,34-,38?/m0/s1. The van der Waals surface area contributed by atoms with Crippen molar-refractivity contribution in [3.05, 3.63) is 93.7 Å². The van der Waals surface area contributed by atoms with Crippen molar-refractivity contribution >= 4 is 57.9 Å². The normalized spacial score (nSPS) is 25.3. The maximum Gasteiger partial charge on any atom is 0.315 e. The van der Waals surface area contributed by atoms with Gasteiger partial charge in [-0.3, -0.25) is 9.59 Å². The highest BCUT2D eigenvalue weighted by molar-refractivity contribution is 8.00. The van der Waals surface area contributed by atoms with Gasteiger partial charge in [-0.25, -0.2) is 4.79 Å². The fraction of sp³-hybridized carbons (Fsp3) is 0.395. The van der Waals surface area contributed by atoms with Crippen molar-refractivity contribution in [1.82, 2.24) is 10.6 Å². The van der Waals surface area contributed by atoms with Crippen molar-refractivity contribution in [1.29, 1.82) is 0 Å². The van der Waals surface area contributed by atoms with Gasteiger partial charge in [0.25, 0.3) is 5.91 Å². The molecule has 0 aliphatic carbocycles. The number of carbonyl (C=O) groups is 3. The van der Waals surface area contributed by atoms with Gasteiger partial charge in [0.2, 0.25) is 0 Å². The largest absolute Gasteiger partial charge is 0.482 e. The van der Waals surface area contributed by atoms with Crippen molar-refractivity contribution in [3.63, 3.8) is 0 Å². The Bertz CT molecular complexity index is 1960. The lowest BCUT2D eigenvalue weighted by Crippen LogP contribution is -2.37. The highest BCUT2D eigenvalue weighted by atomic mass is 35.5. The molecule has 0 radical (unpaired) electrons. The summed E-state index contributed by atoms with van der Waals surface area (Å²) >= 11 is 8.09. The molecule has 3 aromatic carbocycles. The van der Waals surface area contributed by atoms with E-state index in [9.17, 15) is 14.4 Å². The first-order valence-corrected chi connectivity index (χ1v) is 18.4. The molecule has 2 saturated heterocycles. The first kappa shape index (κ1) is 32.1. The molecule has 2 unspecified atom stereocenters. The van der Waals surface area contributed by atoms with Gasteiger partial charge in [-0.2, -0.15) is 11.8 Å². The number of carbonyl (C=O) groups excluding carboxylic acids is 3. The molecule has 49 heavy (non-hydrogen) atoms. The number of ether oxygens (including phenoxy) is 2. The zero-order chi connectivity index (χ0) is 33.9. The van der Waals surface area contributed by atoms with Crippen LogP contribution in [-0.4, -0.2) is 47.5 Å². The predicted molar refractivity (Wildman–Crippen MR) is 190 cm³/mol. The number of anilines is 1. The van der Waals surface area contributed by atoms with Crippen LogP contribution < -0.4 is 20.3 Å². The van der Waals surface area contributed by atoms with Crippen molar-refractivity contribution in [2.24, 2.45) is 0 Å². The lowest BCUT2D eigenvalue weighted by molar-refractivity contribution is -0.154. The molecule has 4 aliphatic heterocycles. The second kappa shape index (κ2) is 12.6. The average molecular weight is 700 g/mol. The number of hydrogen-bond acceptors (Lipinski definition) is 7. The molecule has 11 heteroatoms. The van der Waals surface area contributed by atoms with Gasteiger partial charge >= 0.3 is 12.0 Å². The first-order valence-electron chi connectivity index (χ1n) is 17.0. The average Bonchev–Trinajstić information content (AvgIpc) is 3.86. The number of para-hydroxylation sites is 1. The number of fused-ring (bicyclic) bond motifs is 5. The summed E-state index contributed by atoms with van der Waals surface area (Å²) in [6.45, 7) is 4.47. The van der Waals surface area contributed by atoms with Gasteiger partial charge in [-0.1, -0.05) is 48.4 Å². The van der Waals surface area contributed by atoms with E-state index >= 15 is 0 Å². The van der Waals surface area contributed by atoms with Crippen molar-refractivity contribution in [3.8, 4) is 5.75 Å². The molecule has 1 aromatic heterocycles. The van der Waals surface area contributed by atoms with Gasteiger partial charge in [-0.05, 0) is 74.6 Å². The van der Waals surface area contributed by atoms with Crippen LogP contribution in [0.5, 0.6) is 5.75 Å². The van der Waals surface area contributed by atoms with E-state index in [2.05, 4.69) is 10.6 Å². The Labute approximate surface area is 294 Å². The smallest absolute Gasteiger partial charge is 0.315 e. The number of nitrogens with zero attached hydrogens (tertiary/aromatic N) is 1. The first-order chi connectivity index (χ1) is 23.7. The number of benzene rings is 3. The zero-order valence-electron chi connectivity index (χ0n) is 27.4. The Morgan fingerprint density at radius 1 is 1.08 bits per heavy atom. The third-order valence-electron chi connectivity index (χ3n) is 10.4. The molecule has 5 atom stereocenters. The quantitative estimate of drug-likeness (QED) is 0.111. The molecule has 2 fully saturated rings.